The second-order valence-electron chi connectivity index (χ2n) is 5.06. The van der Waals surface area contributed by atoms with E-state index in [9.17, 15) is 13.5 Å². The minimum absolute atomic E-state index is 0.139. The molecule has 1 N–H and O–H groups in total. The maximum atomic E-state index is 12.8. The van der Waals surface area contributed by atoms with Gasteiger partial charge in [-0.05, 0) is 48.8 Å². The van der Waals surface area contributed by atoms with Gasteiger partial charge in [-0.2, -0.15) is 16.1 Å². The van der Waals surface area contributed by atoms with Crippen molar-refractivity contribution in [2.45, 2.75) is 31.8 Å². The highest BCUT2D eigenvalue weighted by Gasteiger charge is 2.27. The number of thioether (sulfide) groups is 1. The fraction of sp³-hybridized carbons (Fsp3) is 0.571. The van der Waals surface area contributed by atoms with Crippen molar-refractivity contribution in [2.24, 2.45) is 0 Å². The number of benzene rings is 1. The summed E-state index contributed by atoms with van der Waals surface area (Å²) in [6.45, 7) is 4.72. The molecule has 1 fully saturated rings. The van der Waals surface area contributed by atoms with E-state index in [-0.39, 0.29) is 6.61 Å². The lowest BCUT2D eigenvalue weighted by Crippen LogP contribution is -2.33. The maximum Gasteiger partial charge on any atom is 0.243 e. The Morgan fingerprint density at radius 3 is 2.70 bits per heavy atom. The van der Waals surface area contributed by atoms with Crippen LogP contribution in [-0.4, -0.2) is 42.4 Å². The van der Waals surface area contributed by atoms with Crippen molar-refractivity contribution in [1.82, 2.24) is 4.31 Å². The largest absolute Gasteiger partial charge is 0.392 e. The fourth-order valence-electron chi connectivity index (χ4n) is 2.36. The van der Waals surface area contributed by atoms with Crippen molar-refractivity contribution in [3.63, 3.8) is 0 Å². The number of rotatable bonds is 3. The quantitative estimate of drug-likeness (QED) is 0.926. The van der Waals surface area contributed by atoms with Crippen LogP contribution in [0.4, 0.5) is 0 Å². The van der Waals surface area contributed by atoms with Crippen LogP contribution in [0.1, 0.15) is 23.1 Å². The van der Waals surface area contributed by atoms with E-state index in [0.29, 0.717) is 23.5 Å². The molecule has 1 saturated heterocycles. The monoisotopic (exact) mass is 315 g/mol. The van der Waals surface area contributed by atoms with Crippen LogP contribution in [0.2, 0.25) is 0 Å². The van der Waals surface area contributed by atoms with Gasteiger partial charge in [0.2, 0.25) is 10.0 Å². The van der Waals surface area contributed by atoms with Gasteiger partial charge in [0.15, 0.2) is 0 Å². The lowest BCUT2D eigenvalue weighted by molar-refractivity contribution is 0.281. The zero-order chi connectivity index (χ0) is 14.8. The average molecular weight is 315 g/mol. The van der Waals surface area contributed by atoms with E-state index in [1.54, 1.807) is 22.1 Å². The molecule has 0 aliphatic carbocycles. The van der Waals surface area contributed by atoms with E-state index in [2.05, 4.69) is 0 Å². The smallest absolute Gasteiger partial charge is 0.243 e. The molecule has 0 spiro atoms. The van der Waals surface area contributed by atoms with Gasteiger partial charge in [0.05, 0.1) is 11.5 Å². The van der Waals surface area contributed by atoms with Gasteiger partial charge in [0.25, 0.3) is 0 Å². The van der Waals surface area contributed by atoms with Gasteiger partial charge in [0, 0.05) is 18.8 Å². The fourth-order valence-corrected chi connectivity index (χ4v) is 5.19. The number of aryl methyl sites for hydroxylation is 1. The molecular formula is C14H21NO3S2. The second-order valence-corrected chi connectivity index (χ2v) is 8.20. The number of hydrogen-bond donors (Lipinski definition) is 1. The first-order chi connectivity index (χ1) is 9.46. The highest BCUT2D eigenvalue weighted by Crippen LogP contribution is 2.26. The number of aliphatic hydroxyl groups excluding tert-OH is 1. The summed E-state index contributed by atoms with van der Waals surface area (Å²) in [7, 11) is -3.46. The van der Waals surface area contributed by atoms with Crippen molar-refractivity contribution >= 4 is 21.8 Å². The molecule has 0 radical (unpaired) electrons. The van der Waals surface area contributed by atoms with Gasteiger partial charge in [0.1, 0.15) is 0 Å². The minimum atomic E-state index is -3.46. The van der Waals surface area contributed by atoms with Gasteiger partial charge in [-0.15, -0.1) is 0 Å². The summed E-state index contributed by atoms with van der Waals surface area (Å²) < 4.78 is 27.2. The Morgan fingerprint density at radius 1 is 1.25 bits per heavy atom. The van der Waals surface area contributed by atoms with Crippen LogP contribution in [0.3, 0.4) is 0 Å². The highest BCUT2D eigenvalue weighted by molar-refractivity contribution is 7.99. The third kappa shape index (κ3) is 3.19. The van der Waals surface area contributed by atoms with Crippen molar-refractivity contribution in [1.29, 1.82) is 0 Å². The Bertz CT molecular complexity index is 576. The van der Waals surface area contributed by atoms with Gasteiger partial charge in [-0.3, -0.25) is 0 Å². The Kier molecular flexibility index (Phi) is 5.12. The number of sulfonamides is 1. The molecule has 0 bridgehead atoms. The molecule has 6 heteroatoms. The summed E-state index contributed by atoms with van der Waals surface area (Å²) in [5, 5.41) is 9.29. The van der Waals surface area contributed by atoms with E-state index < -0.39 is 10.0 Å². The normalized spacial score (nSPS) is 17.9. The summed E-state index contributed by atoms with van der Waals surface area (Å²) in [5.41, 5.74) is 2.33. The van der Waals surface area contributed by atoms with Gasteiger partial charge >= 0.3 is 0 Å². The molecule has 20 heavy (non-hydrogen) atoms. The predicted molar refractivity (Wildman–Crippen MR) is 82.5 cm³/mol. The van der Waals surface area contributed by atoms with Crippen LogP contribution < -0.4 is 0 Å². The Hall–Kier alpha value is -0.560. The summed E-state index contributed by atoms with van der Waals surface area (Å²) in [6.07, 6.45) is 0.890. The van der Waals surface area contributed by atoms with Crippen molar-refractivity contribution in [2.75, 3.05) is 24.6 Å². The summed E-state index contributed by atoms with van der Waals surface area (Å²) in [4.78, 5) is 0.341. The molecule has 1 aliphatic heterocycles. The summed E-state index contributed by atoms with van der Waals surface area (Å²) in [5.74, 6) is 1.86. The Labute approximate surface area is 125 Å². The molecule has 4 nitrogen and oxygen atoms in total. The first kappa shape index (κ1) is 15.8. The molecular weight excluding hydrogens is 294 g/mol. The Balaban J connectivity index is 2.45. The number of aliphatic hydroxyl groups is 1. The van der Waals surface area contributed by atoms with Crippen molar-refractivity contribution < 1.29 is 13.5 Å². The van der Waals surface area contributed by atoms with Crippen LogP contribution in [0.25, 0.3) is 0 Å². The van der Waals surface area contributed by atoms with Crippen LogP contribution in [0.5, 0.6) is 0 Å². The molecule has 1 aliphatic rings. The van der Waals surface area contributed by atoms with E-state index in [4.69, 9.17) is 0 Å². The molecule has 112 valence electrons. The summed E-state index contributed by atoms with van der Waals surface area (Å²) in [6, 6.07) is 3.45. The van der Waals surface area contributed by atoms with Gasteiger partial charge in [-0.25, -0.2) is 8.42 Å². The summed E-state index contributed by atoms with van der Waals surface area (Å²) >= 11 is 1.80. The van der Waals surface area contributed by atoms with Crippen molar-refractivity contribution in [3.8, 4) is 0 Å². The van der Waals surface area contributed by atoms with Crippen molar-refractivity contribution in [3.05, 3.63) is 28.8 Å². The number of nitrogens with zero attached hydrogens (tertiary/aromatic N) is 1. The molecule has 0 atom stereocenters. The minimum Gasteiger partial charge on any atom is -0.392 e. The van der Waals surface area contributed by atoms with Crippen LogP contribution in [0, 0.1) is 13.8 Å². The molecule has 0 aromatic heterocycles. The molecule has 1 heterocycles. The van der Waals surface area contributed by atoms with Crippen LogP contribution in [-0.2, 0) is 16.6 Å². The predicted octanol–water partition coefficient (Wildman–Crippen LogP) is 1.92. The van der Waals surface area contributed by atoms with E-state index >= 15 is 0 Å². The average Bonchev–Trinajstić information content (AvgIpc) is 2.70. The Morgan fingerprint density at radius 2 is 2.00 bits per heavy atom. The highest BCUT2D eigenvalue weighted by atomic mass is 32.2. The third-order valence-electron chi connectivity index (χ3n) is 3.66. The zero-order valence-electron chi connectivity index (χ0n) is 11.9. The molecule has 1 aromatic rings. The molecule has 1 aromatic carbocycles. The van der Waals surface area contributed by atoms with Crippen LogP contribution in [0.15, 0.2) is 17.0 Å². The third-order valence-corrected chi connectivity index (χ3v) is 6.73. The zero-order valence-corrected chi connectivity index (χ0v) is 13.6. The topological polar surface area (TPSA) is 57.6 Å². The maximum absolute atomic E-state index is 12.8. The second kappa shape index (κ2) is 6.47. The van der Waals surface area contributed by atoms with E-state index in [0.717, 1.165) is 29.1 Å². The molecule has 0 amide bonds. The molecule has 0 saturated carbocycles. The lowest BCUT2D eigenvalue weighted by Gasteiger charge is -2.22. The van der Waals surface area contributed by atoms with Crippen LogP contribution >= 0.6 is 11.8 Å². The SMILES string of the molecule is Cc1cc(CO)cc(S(=O)(=O)N2CCCSCC2)c1C. The molecule has 2 rings (SSSR count). The van der Waals surface area contributed by atoms with Gasteiger partial charge < -0.3 is 5.11 Å². The standard InChI is InChI=1S/C14H21NO3S2/c1-11-8-13(10-16)9-14(12(11)2)20(17,18)15-4-3-6-19-7-5-15/h8-9,16H,3-7,10H2,1-2H3. The first-order valence-corrected chi connectivity index (χ1v) is 9.35. The van der Waals surface area contributed by atoms with Gasteiger partial charge in [-0.1, -0.05) is 6.07 Å². The van der Waals surface area contributed by atoms with E-state index in [1.165, 1.54) is 0 Å². The van der Waals surface area contributed by atoms with E-state index in [1.807, 2.05) is 19.9 Å². The lowest BCUT2D eigenvalue weighted by atomic mass is 10.1. The number of hydrogen-bond acceptors (Lipinski definition) is 4. The first-order valence-electron chi connectivity index (χ1n) is 6.75. The molecule has 0 unspecified atom stereocenters.